The third-order valence-corrected chi connectivity index (χ3v) is 4.89. The first-order valence-corrected chi connectivity index (χ1v) is 9.73. The summed E-state index contributed by atoms with van der Waals surface area (Å²) in [5, 5.41) is 2.92. The molecule has 7 heteroatoms. The number of carbonyl (C=O) groups is 1. The van der Waals surface area contributed by atoms with Crippen molar-refractivity contribution in [1.82, 2.24) is 20.3 Å². The summed E-state index contributed by atoms with van der Waals surface area (Å²) in [4.78, 5) is 27.2. The van der Waals surface area contributed by atoms with Gasteiger partial charge in [-0.3, -0.25) is 14.8 Å². The summed E-state index contributed by atoms with van der Waals surface area (Å²) in [5.41, 5.74) is 1.55. The van der Waals surface area contributed by atoms with Crippen molar-refractivity contribution in [3.63, 3.8) is 0 Å². The molecule has 1 saturated heterocycles. The molecule has 3 aromatic rings. The Bertz CT molecular complexity index is 928. The first-order valence-electron chi connectivity index (χ1n) is 9.73. The Morgan fingerprint density at radius 2 is 1.93 bits per heavy atom. The van der Waals surface area contributed by atoms with Gasteiger partial charge in [-0.2, -0.15) is 0 Å². The van der Waals surface area contributed by atoms with Gasteiger partial charge in [0.1, 0.15) is 17.7 Å². The number of rotatable bonds is 6. The lowest BCUT2D eigenvalue weighted by Crippen LogP contribution is -2.38. The molecule has 2 aromatic heterocycles. The maximum atomic E-state index is 12.5. The van der Waals surface area contributed by atoms with E-state index in [0.29, 0.717) is 12.1 Å². The van der Waals surface area contributed by atoms with Gasteiger partial charge in [0.25, 0.3) is 5.91 Å². The molecule has 0 bridgehead atoms. The summed E-state index contributed by atoms with van der Waals surface area (Å²) in [6.07, 6.45) is 10.5. The molecule has 1 aliphatic heterocycles. The Labute approximate surface area is 169 Å². The van der Waals surface area contributed by atoms with Crippen molar-refractivity contribution in [2.24, 2.45) is 0 Å². The summed E-state index contributed by atoms with van der Waals surface area (Å²) in [5.74, 6) is 1.49. The Hall–Kier alpha value is -3.48. The number of piperidine rings is 1. The van der Waals surface area contributed by atoms with Crippen molar-refractivity contribution < 1.29 is 9.53 Å². The van der Waals surface area contributed by atoms with E-state index in [0.717, 1.165) is 43.1 Å². The molecule has 1 fully saturated rings. The van der Waals surface area contributed by atoms with Crippen LogP contribution >= 0.6 is 0 Å². The van der Waals surface area contributed by atoms with Crippen LogP contribution in [0.1, 0.15) is 28.8 Å². The van der Waals surface area contributed by atoms with Gasteiger partial charge in [-0.1, -0.05) is 12.1 Å². The minimum Gasteiger partial charge on any atom is -0.490 e. The summed E-state index contributed by atoms with van der Waals surface area (Å²) >= 11 is 0. The van der Waals surface area contributed by atoms with Crippen LogP contribution in [0.3, 0.4) is 0 Å². The van der Waals surface area contributed by atoms with E-state index in [-0.39, 0.29) is 12.0 Å². The van der Waals surface area contributed by atoms with Gasteiger partial charge in [0.15, 0.2) is 0 Å². The second kappa shape index (κ2) is 9.14. The van der Waals surface area contributed by atoms with Crippen LogP contribution in [0, 0.1) is 0 Å². The molecule has 0 radical (unpaired) electrons. The van der Waals surface area contributed by atoms with Gasteiger partial charge >= 0.3 is 0 Å². The van der Waals surface area contributed by atoms with Crippen molar-refractivity contribution in [3.05, 3.63) is 78.5 Å². The zero-order chi connectivity index (χ0) is 19.9. The van der Waals surface area contributed by atoms with E-state index in [1.807, 2.05) is 24.3 Å². The minimum atomic E-state index is -0.128. The molecule has 29 heavy (non-hydrogen) atoms. The van der Waals surface area contributed by atoms with Crippen LogP contribution in [0.15, 0.2) is 67.4 Å². The van der Waals surface area contributed by atoms with Gasteiger partial charge in [0.2, 0.25) is 0 Å². The van der Waals surface area contributed by atoms with Crippen molar-refractivity contribution in [3.8, 4) is 5.75 Å². The van der Waals surface area contributed by atoms with Crippen LogP contribution in [0.2, 0.25) is 0 Å². The number of benzene rings is 1. The lowest BCUT2D eigenvalue weighted by atomic mass is 10.1. The fraction of sp³-hybridized carbons (Fsp3) is 0.273. The number of anilines is 1. The van der Waals surface area contributed by atoms with E-state index in [9.17, 15) is 4.79 Å². The summed E-state index contributed by atoms with van der Waals surface area (Å²) in [7, 11) is 0. The summed E-state index contributed by atoms with van der Waals surface area (Å²) in [6.45, 7) is 2.18. The number of pyridine rings is 1. The standard InChI is InChI=1S/C22H23N5O2/c28-22(26-15-17-3-2-8-23-14-17)18-4-1-5-20(13-18)29-19-6-11-27(12-7-19)21-16-24-9-10-25-21/h1-5,8-10,13-14,16,19H,6-7,11-12,15H2,(H,26,28). The Kier molecular flexibility index (Phi) is 5.95. The maximum absolute atomic E-state index is 12.5. The van der Waals surface area contributed by atoms with Crippen molar-refractivity contribution in [2.45, 2.75) is 25.5 Å². The highest BCUT2D eigenvalue weighted by molar-refractivity contribution is 5.94. The van der Waals surface area contributed by atoms with Crippen molar-refractivity contribution in [2.75, 3.05) is 18.0 Å². The molecule has 0 unspecified atom stereocenters. The molecule has 1 N–H and O–H groups in total. The minimum absolute atomic E-state index is 0.122. The monoisotopic (exact) mass is 389 g/mol. The highest BCUT2D eigenvalue weighted by Gasteiger charge is 2.21. The van der Waals surface area contributed by atoms with Gasteiger partial charge in [0, 0.05) is 62.8 Å². The second-order valence-corrected chi connectivity index (χ2v) is 6.94. The SMILES string of the molecule is O=C(NCc1cccnc1)c1cccc(OC2CCN(c3cnccn3)CC2)c1. The number of nitrogens with zero attached hydrogens (tertiary/aromatic N) is 4. The van der Waals surface area contributed by atoms with E-state index in [1.165, 1.54) is 0 Å². The predicted octanol–water partition coefficient (Wildman–Crippen LogP) is 2.85. The first-order chi connectivity index (χ1) is 14.3. The fourth-order valence-electron chi connectivity index (χ4n) is 3.35. The van der Waals surface area contributed by atoms with Crippen molar-refractivity contribution in [1.29, 1.82) is 0 Å². The van der Waals surface area contributed by atoms with Crippen LogP contribution in [-0.2, 0) is 6.54 Å². The summed E-state index contributed by atoms with van der Waals surface area (Å²) in [6, 6.07) is 11.1. The summed E-state index contributed by atoms with van der Waals surface area (Å²) < 4.78 is 6.14. The quantitative estimate of drug-likeness (QED) is 0.698. The normalized spacial score (nSPS) is 14.4. The van der Waals surface area contributed by atoms with Gasteiger partial charge in [-0.25, -0.2) is 4.98 Å². The molecular formula is C22H23N5O2. The first kappa shape index (κ1) is 18.9. The van der Waals surface area contributed by atoms with Gasteiger partial charge in [-0.05, 0) is 29.8 Å². The zero-order valence-electron chi connectivity index (χ0n) is 16.1. The average Bonchev–Trinajstić information content (AvgIpc) is 2.79. The van der Waals surface area contributed by atoms with Crippen LogP contribution < -0.4 is 15.0 Å². The number of nitrogens with one attached hydrogen (secondary N) is 1. The maximum Gasteiger partial charge on any atom is 0.251 e. The molecule has 148 valence electrons. The molecule has 0 spiro atoms. The largest absolute Gasteiger partial charge is 0.490 e. The molecule has 7 nitrogen and oxygen atoms in total. The van der Waals surface area contributed by atoms with Crippen LogP contribution in [0.4, 0.5) is 5.82 Å². The van der Waals surface area contributed by atoms with Crippen molar-refractivity contribution >= 4 is 11.7 Å². The van der Waals surface area contributed by atoms with E-state index in [1.54, 1.807) is 43.1 Å². The molecule has 3 heterocycles. The van der Waals surface area contributed by atoms with Gasteiger partial charge in [0.05, 0.1) is 6.20 Å². The topological polar surface area (TPSA) is 80.2 Å². The number of carbonyl (C=O) groups excluding carboxylic acids is 1. The number of amides is 1. The van der Waals surface area contributed by atoms with Crippen LogP contribution in [-0.4, -0.2) is 40.1 Å². The third kappa shape index (κ3) is 5.07. The second-order valence-electron chi connectivity index (χ2n) is 6.94. The van der Waals surface area contributed by atoms with E-state index in [2.05, 4.69) is 25.2 Å². The van der Waals surface area contributed by atoms with E-state index >= 15 is 0 Å². The highest BCUT2D eigenvalue weighted by atomic mass is 16.5. The lowest BCUT2D eigenvalue weighted by molar-refractivity contribution is 0.0949. The fourth-order valence-corrected chi connectivity index (χ4v) is 3.35. The molecular weight excluding hydrogens is 366 g/mol. The lowest BCUT2D eigenvalue weighted by Gasteiger charge is -2.32. The molecule has 4 rings (SSSR count). The van der Waals surface area contributed by atoms with Crippen LogP contribution in [0.25, 0.3) is 0 Å². The average molecular weight is 389 g/mol. The molecule has 0 atom stereocenters. The molecule has 0 saturated carbocycles. The van der Waals surface area contributed by atoms with Gasteiger partial charge in [-0.15, -0.1) is 0 Å². The van der Waals surface area contributed by atoms with Gasteiger partial charge < -0.3 is 15.0 Å². The number of ether oxygens (including phenoxy) is 1. The zero-order valence-corrected chi connectivity index (χ0v) is 16.1. The highest BCUT2D eigenvalue weighted by Crippen LogP contribution is 2.22. The smallest absolute Gasteiger partial charge is 0.251 e. The third-order valence-electron chi connectivity index (χ3n) is 4.89. The Balaban J connectivity index is 1.30. The molecule has 0 aliphatic carbocycles. The Morgan fingerprint density at radius 1 is 1.07 bits per heavy atom. The molecule has 1 amide bonds. The molecule has 1 aliphatic rings. The van der Waals surface area contributed by atoms with E-state index < -0.39 is 0 Å². The Morgan fingerprint density at radius 3 is 2.69 bits per heavy atom. The molecule has 1 aromatic carbocycles. The number of hydrogen-bond donors (Lipinski definition) is 1. The predicted molar refractivity (Wildman–Crippen MR) is 110 cm³/mol. The van der Waals surface area contributed by atoms with E-state index in [4.69, 9.17) is 4.74 Å². The number of aromatic nitrogens is 3. The van der Waals surface area contributed by atoms with Crippen LogP contribution in [0.5, 0.6) is 5.75 Å². The number of hydrogen-bond acceptors (Lipinski definition) is 6.